The van der Waals surface area contributed by atoms with Crippen molar-refractivity contribution >= 4 is 56.4 Å². The SMILES string of the molecule is COc1ccc(S(=O)(=O)N(CC(=O)Nc2cc(Cl)c(Cl)cc2Cl)Cc2ccccc2)cc1C. The normalized spacial score (nSPS) is 11.5. The maximum absolute atomic E-state index is 13.5. The van der Waals surface area contributed by atoms with Crippen LogP contribution in [0.4, 0.5) is 5.69 Å². The third-order valence-corrected chi connectivity index (χ3v) is 7.63. The molecule has 0 atom stereocenters. The molecule has 0 bridgehead atoms. The first kappa shape index (κ1) is 25.3. The first-order chi connectivity index (χ1) is 15.6. The Morgan fingerprint density at radius 3 is 2.27 bits per heavy atom. The monoisotopic (exact) mass is 526 g/mol. The number of aryl methyl sites for hydroxylation is 1. The lowest BCUT2D eigenvalue weighted by molar-refractivity contribution is -0.116. The quantitative estimate of drug-likeness (QED) is 0.376. The Morgan fingerprint density at radius 2 is 1.64 bits per heavy atom. The van der Waals surface area contributed by atoms with Crippen LogP contribution in [0.2, 0.25) is 15.1 Å². The van der Waals surface area contributed by atoms with E-state index in [2.05, 4.69) is 5.32 Å². The topological polar surface area (TPSA) is 75.7 Å². The number of nitrogens with zero attached hydrogens (tertiary/aromatic N) is 1. The number of hydrogen-bond acceptors (Lipinski definition) is 4. The van der Waals surface area contributed by atoms with Gasteiger partial charge >= 0.3 is 0 Å². The third kappa shape index (κ3) is 6.19. The first-order valence-corrected chi connectivity index (χ1v) is 12.3. The van der Waals surface area contributed by atoms with Crippen molar-refractivity contribution in [3.63, 3.8) is 0 Å². The van der Waals surface area contributed by atoms with Gasteiger partial charge in [0.25, 0.3) is 0 Å². The Kier molecular flexibility index (Phi) is 8.26. The molecule has 0 saturated carbocycles. The lowest BCUT2D eigenvalue weighted by Gasteiger charge is -2.22. The van der Waals surface area contributed by atoms with Gasteiger partial charge in [0.05, 0.1) is 39.3 Å². The Labute approximate surface area is 208 Å². The number of rotatable bonds is 8. The van der Waals surface area contributed by atoms with Gasteiger partial charge in [-0.2, -0.15) is 4.31 Å². The Hall–Kier alpha value is -2.29. The summed E-state index contributed by atoms with van der Waals surface area (Å²) in [6.07, 6.45) is 0. The molecule has 1 N–H and O–H groups in total. The zero-order chi connectivity index (χ0) is 24.2. The molecule has 0 aliphatic heterocycles. The molecule has 1 amide bonds. The maximum atomic E-state index is 13.5. The van der Waals surface area contributed by atoms with Crippen LogP contribution in [0.25, 0.3) is 0 Å². The standard InChI is InChI=1S/C23H21Cl3N2O4S/c1-15-10-17(8-9-22(15)32-2)33(30,31)28(13-16-6-4-3-5-7-16)14-23(29)27-21-12-19(25)18(24)11-20(21)26/h3-12H,13-14H2,1-2H3,(H,27,29). The number of hydrogen-bond donors (Lipinski definition) is 1. The third-order valence-electron chi connectivity index (χ3n) is 4.81. The van der Waals surface area contributed by atoms with E-state index < -0.39 is 22.5 Å². The molecule has 0 aliphatic carbocycles. The van der Waals surface area contributed by atoms with Crippen LogP contribution in [-0.4, -0.2) is 32.3 Å². The minimum atomic E-state index is -4.02. The van der Waals surface area contributed by atoms with Crippen LogP contribution in [0.15, 0.2) is 65.6 Å². The molecular formula is C23H21Cl3N2O4S. The van der Waals surface area contributed by atoms with Crippen molar-refractivity contribution < 1.29 is 17.9 Å². The van der Waals surface area contributed by atoms with E-state index in [1.807, 2.05) is 6.07 Å². The number of anilines is 1. The minimum absolute atomic E-state index is 0.00320. The summed E-state index contributed by atoms with van der Waals surface area (Å²) >= 11 is 18.1. The molecule has 10 heteroatoms. The lowest BCUT2D eigenvalue weighted by atomic mass is 10.2. The second kappa shape index (κ2) is 10.8. The van der Waals surface area contributed by atoms with Crippen molar-refractivity contribution in [2.75, 3.05) is 19.0 Å². The number of carbonyl (C=O) groups excluding carboxylic acids is 1. The van der Waals surface area contributed by atoms with Crippen molar-refractivity contribution in [2.24, 2.45) is 0 Å². The highest BCUT2D eigenvalue weighted by atomic mass is 35.5. The molecule has 3 aromatic carbocycles. The Balaban J connectivity index is 1.92. The van der Waals surface area contributed by atoms with Gasteiger partial charge in [0.2, 0.25) is 15.9 Å². The number of halogens is 3. The highest BCUT2D eigenvalue weighted by Gasteiger charge is 2.28. The molecule has 174 valence electrons. The zero-order valence-electron chi connectivity index (χ0n) is 17.8. The fourth-order valence-corrected chi connectivity index (χ4v) is 5.21. The van der Waals surface area contributed by atoms with Crippen molar-refractivity contribution in [3.8, 4) is 5.75 Å². The molecule has 3 rings (SSSR count). The molecule has 0 fully saturated rings. The molecule has 0 unspecified atom stereocenters. The summed E-state index contributed by atoms with van der Waals surface area (Å²) in [5.41, 5.74) is 1.62. The number of carbonyl (C=O) groups is 1. The van der Waals surface area contributed by atoms with Crippen molar-refractivity contribution in [3.05, 3.63) is 86.9 Å². The predicted molar refractivity (Wildman–Crippen MR) is 132 cm³/mol. The van der Waals surface area contributed by atoms with E-state index in [0.717, 1.165) is 9.87 Å². The summed E-state index contributed by atoms with van der Waals surface area (Å²) < 4.78 is 33.3. The summed E-state index contributed by atoms with van der Waals surface area (Å²) in [5, 5.41) is 3.24. The highest BCUT2D eigenvalue weighted by molar-refractivity contribution is 7.89. The smallest absolute Gasteiger partial charge is 0.243 e. The zero-order valence-corrected chi connectivity index (χ0v) is 20.9. The van der Waals surface area contributed by atoms with Gasteiger partial charge in [-0.05, 0) is 48.4 Å². The summed E-state index contributed by atoms with van der Waals surface area (Å²) in [5.74, 6) is -0.0180. The van der Waals surface area contributed by atoms with Crippen LogP contribution < -0.4 is 10.1 Å². The highest BCUT2D eigenvalue weighted by Crippen LogP contribution is 2.32. The molecular weight excluding hydrogens is 507 g/mol. The fraction of sp³-hybridized carbons (Fsp3) is 0.174. The average Bonchev–Trinajstić information content (AvgIpc) is 2.77. The molecule has 0 aromatic heterocycles. The number of benzene rings is 3. The van der Waals surface area contributed by atoms with Crippen molar-refractivity contribution in [2.45, 2.75) is 18.4 Å². The van der Waals surface area contributed by atoms with Crippen LogP contribution in [-0.2, 0) is 21.4 Å². The van der Waals surface area contributed by atoms with Gasteiger partial charge in [0.15, 0.2) is 0 Å². The van der Waals surface area contributed by atoms with Crippen LogP contribution >= 0.6 is 34.8 Å². The van der Waals surface area contributed by atoms with Crippen LogP contribution in [0.5, 0.6) is 5.75 Å². The summed E-state index contributed by atoms with van der Waals surface area (Å²) in [7, 11) is -2.51. The van der Waals surface area contributed by atoms with Gasteiger partial charge in [-0.1, -0.05) is 65.1 Å². The first-order valence-electron chi connectivity index (χ1n) is 9.75. The number of amides is 1. The van der Waals surface area contributed by atoms with E-state index in [0.29, 0.717) is 11.3 Å². The predicted octanol–water partition coefficient (Wildman–Crippen LogP) is 5.79. The second-order valence-corrected chi connectivity index (χ2v) is 10.3. The van der Waals surface area contributed by atoms with Gasteiger partial charge < -0.3 is 10.1 Å². The van der Waals surface area contributed by atoms with Gasteiger partial charge in [-0.15, -0.1) is 0 Å². The Bertz CT molecular complexity index is 1270. The van der Waals surface area contributed by atoms with E-state index in [9.17, 15) is 13.2 Å². The van der Waals surface area contributed by atoms with Crippen molar-refractivity contribution in [1.82, 2.24) is 4.31 Å². The Morgan fingerprint density at radius 1 is 0.970 bits per heavy atom. The molecule has 33 heavy (non-hydrogen) atoms. The molecule has 6 nitrogen and oxygen atoms in total. The number of methoxy groups -OCH3 is 1. The summed E-state index contributed by atoms with van der Waals surface area (Å²) in [6.45, 7) is 1.30. The van der Waals surface area contributed by atoms with E-state index in [4.69, 9.17) is 39.5 Å². The molecule has 0 radical (unpaired) electrons. The average molecular weight is 528 g/mol. The number of nitrogens with one attached hydrogen (secondary N) is 1. The van der Waals surface area contributed by atoms with Crippen LogP contribution in [0, 0.1) is 6.92 Å². The summed E-state index contributed by atoms with van der Waals surface area (Å²) in [4.78, 5) is 12.9. The number of ether oxygens (including phenoxy) is 1. The van der Waals surface area contributed by atoms with Gasteiger partial charge in [-0.25, -0.2) is 8.42 Å². The second-order valence-electron chi connectivity index (χ2n) is 7.18. The number of sulfonamides is 1. The van der Waals surface area contributed by atoms with Gasteiger partial charge in [-0.3, -0.25) is 4.79 Å². The molecule has 0 heterocycles. The van der Waals surface area contributed by atoms with Gasteiger partial charge in [0, 0.05) is 6.54 Å². The molecule has 3 aromatic rings. The van der Waals surface area contributed by atoms with E-state index in [-0.39, 0.29) is 32.2 Å². The van der Waals surface area contributed by atoms with Crippen LogP contribution in [0.3, 0.4) is 0 Å². The van der Waals surface area contributed by atoms with E-state index in [1.165, 1.54) is 31.4 Å². The van der Waals surface area contributed by atoms with E-state index in [1.54, 1.807) is 37.3 Å². The molecule has 0 aliphatic rings. The minimum Gasteiger partial charge on any atom is -0.496 e. The van der Waals surface area contributed by atoms with E-state index >= 15 is 0 Å². The van der Waals surface area contributed by atoms with Gasteiger partial charge in [0.1, 0.15) is 5.75 Å². The largest absolute Gasteiger partial charge is 0.496 e. The maximum Gasteiger partial charge on any atom is 0.243 e. The lowest BCUT2D eigenvalue weighted by Crippen LogP contribution is -2.37. The summed E-state index contributed by atoms with van der Waals surface area (Å²) in [6, 6.07) is 16.4. The fourth-order valence-electron chi connectivity index (χ4n) is 3.14. The van der Waals surface area contributed by atoms with Crippen molar-refractivity contribution in [1.29, 1.82) is 0 Å². The van der Waals surface area contributed by atoms with Crippen LogP contribution in [0.1, 0.15) is 11.1 Å². The molecule has 0 saturated heterocycles. The molecule has 0 spiro atoms.